The van der Waals surface area contributed by atoms with Crippen LogP contribution in [0.1, 0.15) is 12.5 Å². The zero-order valence-corrected chi connectivity index (χ0v) is 13.0. The Kier molecular flexibility index (Phi) is 5.35. The number of anilines is 1. The first-order valence-electron chi connectivity index (χ1n) is 6.96. The number of pyridine rings is 1. The zero-order valence-electron chi connectivity index (χ0n) is 12.3. The second-order valence-electron chi connectivity index (χ2n) is 5.10. The van der Waals surface area contributed by atoms with Gasteiger partial charge < -0.3 is 15.6 Å². The SMILES string of the molecule is CC(CN)C(=O)Nc1ccc(=O)n(Cc2ccccc2Cl)c1. The minimum absolute atomic E-state index is 0.162. The average molecular weight is 320 g/mol. The van der Waals surface area contributed by atoms with Gasteiger partial charge in [0.25, 0.3) is 5.56 Å². The van der Waals surface area contributed by atoms with Gasteiger partial charge in [-0.25, -0.2) is 0 Å². The van der Waals surface area contributed by atoms with Crippen molar-refractivity contribution in [2.24, 2.45) is 11.7 Å². The molecule has 22 heavy (non-hydrogen) atoms. The van der Waals surface area contributed by atoms with E-state index in [4.69, 9.17) is 17.3 Å². The molecule has 0 bridgehead atoms. The highest BCUT2D eigenvalue weighted by Gasteiger charge is 2.11. The van der Waals surface area contributed by atoms with Gasteiger partial charge in [0, 0.05) is 29.7 Å². The molecule has 5 nitrogen and oxygen atoms in total. The van der Waals surface area contributed by atoms with Crippen LogP contribution in [0.2, 0.25) is 5.02 Å². The summed E-state index contributed by atoms with van der Waals surface area (Å²) in [5, 5.41) is 3.35. The van der Waals surface area contributed by atoms with Crippen molar-refractivity contribution in [1.29, 1.82) is 0 Å². The van der Waals surface area contributed by atoms with Crippen LogP contribution in [0, 0.1) is 5.92 Å². The van der Waals surface area contributed by atoms with Crippen LogP contribution in [0.3, 0.4) is 0 Å². The van der Waals surface area contributed by atoms with E-state index in [9.17, 15) is 9.59 Å². The third-order valence-corrected chi connectivity index (χ3v) is 3.72. The Morgan fingerprint density at radius 1 is 1.32 bits per heavy atom. The van der Waals surface area contributed by atoms with Crippen LogP contribution >= 0.6 is 11.6 Å². The molecule has 1 unspecified atom stereocenters. The molecule has 0 aliphatic carbocycles. The molecule has 0 saturated carbocycles. The third kappa shape index (κ3) is 3.96. The van der Waals surface area contributed by atoms with Gasteiger partial charge in [-0.1, -0.05) is 36.7 Å². The molecule has 1 heterocycles. The number of carbonyl (C=O) groups is 1. The molecule has 0 saturated heterocycles. The van der Waals surface area contributed by atoms with Gasteiger partial charge in [0.2, 0.25) is 5.91 Å². The van der Waals surface area contributed by atoms with E-state index in [1.807, 2.05) is 18.2 Å². The van der Waals surface area contributed by atoms with Gasteiger partial charge in [0.05, 0.1) is 12.2 Å². The van der Waals surface area contributed by atoms with Crippen molar-refractivity contribution in [1.82, 2.24) is 4.57 Å². The van der Waals surface area contributed by atoms with Gasteiger partial charge in [-0.2, -0.15) is 0 Å². The van der Waals surface area contributed by atoms with Crippen molar-refractivity contribution in [3.05, 3.63) is 63.5 Å². The first kappa shape index (κ1) is 16.3. The molecule has 6 heteroatoms. The molecule has 0 aliphatic heterocycles. The van der Waals surface area contributed by atoms with Gasteiger partial charge in [-0.15, -0.1) is 0 Å². The van der Waals surface area contributed by atoms with Crippen LogP contribution in [-0.2, 0) is 11.3 Å². The van der Waals surface area contributed by atoms with Crippen molar-refractivity contribution in [3.63, 3.8) is 0 Å². The standard InChI is InChI=1S/C16H18ClN3O2/c1-11(8-18)16(22)19-13-6-7-15(21)20(10-13)9-12-4-2-3-5-14(12)17/h2-7,10-11H,8-9,18H2,1H3,(H,19,22). The van der Waals surface area contributed by atoms with E-state index in [1.54, 1.807) is 25.3 Å². The first-order valence-corrected chi connectivity index (χ1v) is 7.34. The molecule has 2 rings (SSSR count). The minimum atomic E-state index is -0.288. The lowest BCUT2D eigenvalue weighted by molar-refractivity contribution is -0.119. The molecule has 0 aliphatic rings. The topological polar surface area (TPSA) is 77.1 Å². The van der Waals surface area contributed by atoms with Crippen LogP contribution in [-0.4, -0.2) is 17.0 Å². The van der Waals surface area contributed by atoms with Gasteiger partial charge in [-0.05, 0) is 17.7 Å². The average Bonchev–Trinajstić information content (AvgIpc) is 2.51. The number of halogens is 1. The Morgan fingerprint density at radius 2 is 2.05 bits per heavy atom. The van der Waals surface area contributed by atoms with Crippen molar-refractivity contribution < 1.29 is 4.79 Å². The Morgan fingerprint density at radius 3 is 2.73 bits per heavy atom. The largest absolute Gasteiger partial charge is 0.330 e. The maximum absolute atomic E-state index is 12.0. The molecule has 0 fully saturated rings. The summed E-state index contributed by atoms with van der Waals surface area (Å²) >= 11 is 6.11. The highest BCUT2D eigenvalue weighted by molar-refractivity contribution is 6.31. The second kappa shape index (κ2) is 7.24. The van der Waals surface area contributed by atoms with E-state index >= 15 is 0 Å². The first-order chi connectivity index (χ1) is 10.5. The number of nitrogens with two attached hydrogens (primary N) is 1. The fraction of sp³-hybridized carbons (Fsp3) is 0.250. The van der Waals surface area contributed by atoms with E-state index in [0.29, 0.717) is 17.3 Å². The summed E-state index contributed by atoms with van der Waals surface area (Å²) in [6.45, 7) is 2.36. The molecule has 1 aromatic carbocycles. The number of nitrogens with one attached hydrogen (secondary N) is 1. The molecule has 0 radical (unpaired) electrons. The third-order valence-electron chi connectivity index (χ3n) is 3.35. The van der Waals surface area contributed by atoms with Crippen LogP contribution in [0.15, 0.2) is 47.4 Å². The summed E-state index contributed by atoms with van der Waals surface area (Å²) in [6.07, 6.45) is 1.60. The van der Waals surface area contributed by atoms with E-state index in [2.05, 4.69) is 5.32 Å². The molecule has 0 spiro atoms. The number of benzene rings is 1. The summed E-state index contributed by atoms with van der Waals surface area (Å²) in [5.41, 5.74) is 6.70. The van der Waals surface area contributed by atoms with Crippen molar-refractivity contribution in [2.75, 3.05) is 11.9 Å². The summed E-state index contributed by atoms with van der Waals surface area (Å²) < 4.78 is 1.50. The number of nitrogens with zero attached hydrogens (tertiary/aromatic N) is 1. The summed E-state index contributed by atoms with van der Waals surface area (Å²) in [6, 6.07) is 10.3. The van der Waals surface area contributed by atoms with E-state index in [0.717, 1.165) is 5.56 Å². The van der Waals surface area contributed by atoms with Crippen molar-refractivity contribution in [3.8, 4) is 0 Å². The Balaban J connectivity index is 2.22. The number of hydrogen-bond acceptors (Lipinski definition) is 3. The lowest BCUT2D eigenvalue weighted by Gasteiger charge is -2.12. The van der Waals surface area contributed by atoms with Gasteiger partial charge in [0.15, 0.2) is 0 Å². The normalized spacial score (nSPS) is 12.0. The van der Waals surface area contributed by atoms with Gasteiger partial charge in [0.1, 0.15) is 0 Å². The molecular formula is C16H18ClN3O2. The molecular weight excluding hydrogens is 302 g/mol. The van der Waals surface area contributed by atoms with Gasteiger partial charge in [-0.3, -0.25) is 9.59 Å². The molecule has 2 aromatic rings. The highest BCUT2D eigenvalue weighted by Crippen LogP contribution is 2.16. The molecule has 1 aromatic heterocycles. The lowest BCUT2D eigenvalue weighted by atomic mass is 10.1. The monoisotopic (exact) mass is 319 g/mol. The summed E-state index contributed by atoms with van der Waals surface area (Å²) in [5.74, 6) is -0.464. The Hall–Kier alpha value is -2.11. The Bertz CT molecular complexity index is 727. The van der Waals surface area contributed by atoms with Crippen molar-refractivity contribution in [2.45, 2.75) is 13.5 Å². The number of carbonyl (C=O) groups excluding carboxylic acids is 1. The Labute approximate surface area is 133 Å². The zero-order chi connectivity index (χ0) is 16.1. The lowest BCUT2D eigenvalue weighted by Crippen LogP contribution is -2.27. The number of amides is 1. The van der Waals surface area contributed by atoms with Crippen molar-refractivity contribution >= 4 is 23.2 Å². The quantitative estimate of drug-likeness (QED) is 0.885. The predicted molar refractivity (Wildman–Crippen MR) is 88.1 cm³/mol. The van der Waals surface area contributed by atoms with Gasteiger partial charge >= 0.3 is 0 Å². The van der Waals surface area contributed by atoms with Crippen LogP contribution in [0.5, 0.6) is 0 Å². The van der Waals surface area contributed by atoms with E-state index in [1.165, 1.54) is 10.6 Å². The summed E-state index contributed by atoms with van der Waals surface area (Å²) in [7, 11) is 0. The van der Waals surface area contributed by atoms with Crippen LogP contribution in [0.25, 0.3) is 0 Å². The van der Waals surface area contributed by atoms with Crippen LogP contribution in [0.4, 0.5) is 5.69 Å². The fourth-order valence-corrected chi connectivity index (χ4v) is 2.11. The number of aromatic nitrogens is 1. The number of rotatable bonds is 5. The fourth-order valence-electron chi connectivity index (χ4n) is 1.91. The van der Waals surface area contributed by atoms with Crippen LogP contribution < -0.4 is 16.6 Å². The van der Waals surface area contributed by atoms with E-state index < -0.39 is 0 Å². The molecule has 116 valence electrons. The number of hydrogen-bond donors (Lipinski definition) is 2. The smallest absolute Gasteiger partial charge is 0.250 e. The summed E-state index contributed by atoms with van der Waals surface area (Å²) in [4.78, 5) is 23.8. The van der Waals surface area contributed by atoms with E-state index in [-0.39, 0.29) is 23.9 Å². The second-order valence-corrected chi connectivity index (χ2v) is 5.51. The molecule has 1 amide bonds. The highest BCUT2D eigenvalue weighted by atomic mass is 35.5. The maximum Gasteiger partial charge on any atom is 0.250 e. The molecule has 1 atom stereocenters. The minimum Gasteiger partial charge on any atom is -0.330 e. The maximum atomic E-state index is 12.0. The predicted octanol–water partition coefficient (Wildman–Crippen LogP) is 2.08. The molecule has 3 N–H and O–H groups in total.